The van der Waals surface area contributed by atoms with Crippen molar-refractivity contribution in [3.63, 3.8) is 0 Å². The number of nitrogens with one attached hydrogen (secondary N) is 1. The van der Waals surface area contributed by atoms with Crippen LogP contribution in [0.2, 0.25) is 0 Å². The highest BCUT2D eigenvalue weighted by Gasteiger charge is 2.32. The summed E-state index contributed by atoms with van der Waals surface area (Å²) in [6.45, 7) is 1.67. The molecule has 1 unspecified atom stereocenters. The van der Waals surface area contributed by atoms with Gasteiger partial charge in [0.2, 0.25) is 0 Å². The van der Waals surface area contributed by atoms with Gasteiger partial charge < -0.3 is 5.32 Å². The molecule has 2 aromatic heterocycles. The summed E-state index contributed by atoms with van der Waals surface area (Å²) in [5, 5.41) is 2.67. The van der Waals surface area contributed by atoms with Crippen molar-refractivity contribution in [2.45, 2.75) is 19.1 Å². The van der Waals surface area contributed by atoms with Crippen LogP contribution in [0.25, 0.3) is 11.4 Å². The molecule has 0 fully saturated rings. The summed E-state index contributed by atoms with van der Waals surface area (Å²) in [6.07, 6.45) is 2.94. The number of amides is 1. The third kappa shape index (κ3) is 4.61. The minimum atomic E-state index is -4.54. The third-order valence-corrected chi connectivity index (χ3v) is 4.40. The fourth-order valence-electron chi connectivity index (χ4n) is 2.52. The minimum absolute atomic E-state index is 0.0870. The largest absolute Gasteiger partial charge is 0.416 e. The predicted molar refractivity (Wildman–Crippen MR) is 103 cm³/mol. The number of aromatic nitrogens is 4. The van der Waals surface area contributed by atoms with E-state index in [9.17, 15) is 18.0 Å². The van der Waals surface area contributed by atoms with E-state index in [1.165, 1.54) is 37.1 Å². The zero-order valence-corrected chi connectivity index (χ0v) is 16.6. The van der Waals surface area contributed by atoms with Crippen molar-refractivity contribution in [3.8, 4) is 11.4 Å². The van der Waals surface area contributed by atoms with E-state index in [1.807, 2.05) is 0 Å². The average molecular weight is 499 g/mol. The Bertz CT molecular complexity index is 998. The van der Waals surface area contributed by atoms with Crippen molar-refractivity contribution in [2.75, 3.05) is 0 Å². The molecule has 3 aromatic rings. The molecule has 2 heterocycles. The second-order valence-corrected chi connectivity index (χ2v) is 7.05. The fraction of sp³-hybridized carbons (Fsp3) is 0.167. The molecule has 0 aliphatic rings. The van der Waals surface area contributed by atoms with Crippen molar-refractivity contribution in [1.82, 2.24) is 25.3 Å². The van der Waals surface area contributed by atoms with Crippen LogP contribution in [0.1, 0.15) is 34.6 Å². The first-order valence-corrected chi connectivity index (χ1v) is 9.09. The summed E-state index contributed by atoms with van der Waals surface area (Å²) in [5.74, 6) is -0.646. The number of halogens is 4. The molecule has 1 aromatic carbocycles. The fourth-order valence-corrected chi connectivity index (χ4v) is 3.19. The monoisotopic (exact) mass is 499 g/mol. The van der Waals surface area contributed by atoms with Crippen molar-refractivity contribution in [1.29, 1.82) is 0 Å². The second kappa shape index (κ2) is 8.17. The minimum Gasteiger partial charge on any atom is -0.344 e. The molecular formula is C18H13F3IN5O. The summed E-state index contributed by atoms with van der Waals surface area (Å²) in [4.78, 5) is 29.2. The van der Waals surface area contributed by atoms with Gasteiger partial charge in [-0.25, -0.2) is 0 Å². The number of alkyl halides is 3. The molecule has 28 heavy (non-hydrogen) atoms. The van der Waals surface area contributed by atoms with E-state index < -0.39 is 23.7 Å². The van der Waals surface area contributed by atoms with Gasteiger partial charge in [-0.3, -0.25) is 24.7 Å². The first-order chi connectivity index (χ1) is 13.3. The van der Waals surface area contributed by atoms with Crippen molar-refractivity contribution >= 4 is 28.5 Å². The summed E-state index contributed by atoms with van der Waals surface area (Å²) < 4.78 is 39.3. The molecule has 0 bridgehead atoms. The van der Waals surface area contributed by atoms with Gasteiger partial charge in [-0.1, -0.05) is 0 Å². The number of hydrogen-bond donors (Lipinski definition) is 1. The van der Waals surface area contributed by atoms with Crippen molar-refractivity contribution in [3.05, 3.63) is 69.6 Å². The maximum absolute atomic E-state index is 13.0. The van der Waals surface area contributed by atoms with E-state index in [0.29, 0.717) is 20.7 Å². The highest BCUT2D eigenvalue weighted by atomic mass is 127. The Morgan fingerprint density at radius 2 is 1.79 bits per heavy atom. The van der Waals surface area contributed by atoms with E-state index in [2.05, 4.69) is 25.3 Å². The standard InChI is InChI=1S/C18H13F3IN5O/c1-10(15-16(26-5-4-25-15)14-9-23-2-3-24-14)27-17(28)11-6-12(18(19,20)21)8-13(22)7-11/h2-10H,1H3,(H,27,28). The van der Waals surface area contributed by atoms with Gasteiger partial charge in [0.05, 0.1) is 23.5 Å². The molecule has 144 valence electrons. The Morgan fingerprint density at radius 3 is 2.46 bits per heavy atom. The van der Waals surface area contributed by atoms with E-state index in [1.54, 1.807) is 29.5 Å². The summed E-state index contributed by atoms with van der Waals surface area (Å²) in [5.41, 5.74) is 0.369. The number of benzene rings is 1. The number of nitrogens with zero attached hydrogens (tertiary/aromatic N) is 4. The number of carbonyl (C=O) groups is 1. The Kier molecular flexibility index (Phi) is 5.87. The van der Waals surface area contributed by atoms with E-state index >= 15 is 0 Å². The van der Waals surface area contributed by atoms with Crippen LogP contribution >= 0.6 is 22.6 Å². The predicted octanol–water partition coefficient (Wildman–Crippen LogP) is 4.05. The van der Waals surface area contributed by atoms with Crippen LogP contribution in [-0.2, 0) is 6.18 Å². The van der Waals surface area contributed by atoms with Gasteiger partial charge in [0.15, 0.2) is 0 Å². The molecule has 0 aliphatic carbocycles. The number of carbonyl (C=O) groups excluding carboxylic acids is 1. The first-order valence-electron chi connectivity index (χ1n) is 8.01. The van der Waals surface area contributed by atoms with E-state index in [-0.39, 0.29) is 5.56 Å². The van der Waals surface area contributed by atoms with Crippen LogP contribution in [0.4, 0.5) is 13.2 Å². The van der Waals surface area contributed by atoms with Crippen LogP contribution < -0.4 is 5.32 Å². The Labute approximate surface area is 171 Å². The van der Waals surface area contributed by atoms with Crippen molar-refractivity contribution in [2.24, 2.45) is 0 Å². The molecule has 6 nitrogen and oxygen atoms in total. The van der Waals surface area contributed by atoms with Crippen molar-refractivity contribution < 1.29 is 18.0 Å². The van der Waals surface area contributed by atoms with Crippen LogP contribution in [0, 0.1) is 3.57 Å². The quantitative estimate of drug-likeness (QED) is 0.549. The van der Waals surface area contributed by atoms with Gasteiger partial charge >= 0.3 is 6.18 Å². The lowest BCUT2D eigenvalue weighted by atomic mass is 10.1. The third-order valence-electron chi connectivity index (χ3n) is 3.78. The zero-order valence-electron chi connectivity index (χ0n) is 14.4. The first kappa shape index (κ1) is 20.1. The SMILES string of the molecule is CC(NC(=O)c1cc(I)cc(C(F)(F)F)c1)c1nccnc1-c1cnccn1. The Hall–Kier alpha value is -2.63. The lowest BCUT2D eigenvalue weighted by Gasteiger charge is -2.17. The molecule has 10 heteroatoms. The molecule has 0 radical (unpaired) electrons. The maximum Gasteiger partial charge on any atom is 0.416 e. The molecule has 1 N–H and O–H groups in total. The maximum atomic E-state index is 13.0. The van der Waals surface area contributed by atoms with Crippen LogP contribution in [0.3, 0.4) is 0 Å². The smallest absolute Gasteiger partial charge is 0.344 e. The lowest BCUT2D eigenvalue weighted by Crippen LogP contribution is -2.28. The summed E-state index contributed by atoms with van der Waals surface area (Å²) in [7, 11) is 0. The topological polar surface area (TPSA) is 80.7 Å². The van der Waals surface area contributed by atoms with Gasteiger partial charge in [-0.05, 0) is 47.7 Å². The molecule has 3 rings (SSSR count). The highest BCUT2D eigenvalue weighted by molar-refractivity contribution is 14.1. The normalized spacial score (nSPS) is 12.5. The second-order valence-electron chi connectivity index (χ2n) is 5.80. The average Bonchev–Trinajstić information content (AvgIpc) is 2.67. The van der Waals surface area contributed by atoms with E-state index in [0.717, 1.165) is 12.1 Å². The van der Waals surface area contributed by atoms with Crippen LogP contribution in [-0.4, -0.2) is 25.8 Å². The highest BCUT2D eigenvalue weighted by Crippen LogP contribution is 2.31. The van der Waals surface area contributed by atoms with Gasteiger partial charge in [0, 0.05) is 33.9 Å². The molecule has 1 amide bonds. The number of hydrogen-bond acceptors (Lipinski definition) is 5. The zero-order chi connectivity index (χ0) is 20.3. The molecule has 0 saturated heterocycles. The lowest BCUT2D eigenvalue weighted by molar-refractivity contribution is -0.137. The Morgan fingerprint density at radius 1 is 1.07 bits per heavy atom. The van der Waals surface area contributed by atoms with Crippen LogP contribution in [0.15, 0.2) is 49.2 Å². The Balaban J connectivity index is 1.88. The number of rotatable bonds is 4. The van der Waals surface area contributed by atoms with Gasteiger partial charge in [0.25, 0.3) is 5.91 Å². The molecule has 0 spiro atoms. The molecule has 0 saturated carbocycles. The van der Waals surface area contributed by atoms with Crippen LogP contribution in [0.5, 0.6) is 0 Å². The summed E-state index contributed by atoms with van der Waals surface area (Å²) >= 11 is 1.75. The van der Waals surface area contributed by atoms with Gasteiger partial charge in [-0.15, -0.1) is 0 Å². The molecular weight excluding hydrogens is 486 g/mol. The summed E-state index contributed by atoms with van der Waals surface area (Å²) in [6, 6.07) is 2.57. The van der Waals surface area contributed by atoms with E-state index in [4.69, 9.17) is 0 Å². The van der Waals surface area contributed by atoms with Gasteiger partial charge in [0.1, 0.15) is 11.4 Å². The van der Waals surface area contributed by atoms with Gasteiger partial charge in [-0.2, -0.15) is 13.2 Å². The molecule has 0 aliphatic heterocycles. The molecule has 1 atom stereocenters.